The molecule has 3 aromatic rings. The van der Waals surface area contributed by atoms with Crippen molar-refractivity contribution in [3.63, 3.8) is 0 Å². The van der Waals surface area contributed by atoms with E-state index >= 15 is 0 Å². The Kier molecular flexibility index (Phi) is 2.52. The van der Waals surface area contributed by atoms with Crippen molar-refractivity contribution in [2.75, 3.05) is 5.73 Å². The van der Waals surface area contributed by atoms with E-state index < -0.39 is 0 Å². The van der Waals surface area contributed by atoms with Crippen LogP contribution in [0, 0.1) is 20.8 Å². The molecule has 0 aliphatic rings. The normalized spacial score (nSPS) is 11.1. The van der Waals surface area contributed by atoms with Gasteiger partial charge in [0.25, 0.3) is 0 Å². The highest BCUT2D eigenvalue weighted by atomic mass is 15.2. The molecule has 0 atom stereocenters. The van der Waals surface area contributed by atoms with Crippen molar-refractivity contribution in [1.29, 1.82) is 0 Å². The first kappa shape index (κ1) is 11.7. The summed E-state index contributed by atoms with van der Waals surface area (Å²) in [5, 5.41) is 0. The van der Waals surface area contributed by atoms with E-state index in [1.54, 1.807) is 0 Å². The topological polar surface area (TPSA) is 56.7 Å². The number of aromatic nitrogens is 3. The monoisotopic (exact) mass is 252 g/mol. The highest BCUT2D eigenvalue weighted by molar-refractivity contribution is 5.77. The fraction of sp³-hybridized carbons (Fsp3) is 0.200. The molecule has 1 aromatic carbocycles. The summed E-state index contributed by atoms with van der Waals surface area (Å²) in [7, 11) is 0. The van der Waals surface area contributed by atoms with Crippen LogP contribution in [0.2, 0.25) is 0 Å². The van der Waals surface area contributed by atoms with Crippen molar-refractivity contribution in [2.45, 2.75) is 20.8 Å². The van der Waals surface area contributed by atoms with E-state index in [1.165, 1.54) is 5.56 Å². The quantitative estimate of drug-likeness (QED) is 0.724. The second kappa shape index (κ2) is 4.09. The highest BCUT2D eigenvalue weighted by Gasteiger charge is 2.13. The molecular formula is C15H16N4. The van der Waals surface area contributed by atoms with Gasteiger partial charge in [-0.05, 0) is 50.1 Å². The Morgan fingerprint density at radius 1 is 1.00 bits per heavy atom. The zero-order valence-corrected chi connectivity index (χ0v) is 11.3. The van der Waals surface area contributed by atoms with Gasteiger partial charge in [-0.2, -0.15) is 0 Å². The third-order valence-corrected chi connectivity index (χ3v) is 3.28. The van der Waals surface area contributed by atoms with Gasteiger partial charge in [0.1, 0.15) is 5.52 Å². The van der Waals surface area contributed by atoms with Crippen molar-refractivity contribution in [1.82, 2.24) is 14.5 Å². The maximum Gasteiger partial charge on any atom is 0.207 e. The van der Waals surface area contributed by atoms with Crippen LogP contribution in [0.5, 0.6) is 0 Å². The fourth-order valence-corrected chi connectivity index (χ4v) is 2.27. The molecule has 19 heavy (non-hydrogen) atoms. The maximum atomic E-state index is 6.07. The van der Waals surface area contributed by atoms with E-state index in [-0.39, 0.29) is 0 Å². The molecule has 0 saturated heterocycles. The van der Waals surface area contributed by atoms with Gasteiger partial charge in [-0.25, -0.2) is 9.97 Å². The molecule has 2 N–H and O–H groups in total. The number of hydrogen-bond acceptors (Lipinski definition) is 3. The number of nitrogens with zero attached hydrogens (tertiary/aromatic N) is 3. The number of nitrogens with two attached hydrogens (primary N) is 1. The van der Waals surface area contributed by atoms with Gasteiger partial charge in [-0.3, -0.25) is 4.57 Å². The number of anilines is 1. The van der Waals surface area contributed by atoms with Gasteiger partial charge >= 0.3 is 0 Å². The molecule has 0 saturated carbocycles. The smallest absolute Gasteiger partial charge is 0.207 e. The molecule has 4 nitrogen and oxygen atoms in total. The van der Waals surface area contributed by atoms with Crippen molar-refractivity contribution in [2.24, 2.45) is 0 Å². The van der Waals surface area contributed by atoms with Gasteiger partial charge in [0.15, 0.2) is 5.65 Å². The Hall–Kier alpha value is -2.36. The van der Waals surface area contributed by atoms with E-state index in [2.05, 4.69) is 42.0 Å². The second-order valence-electron chi connectivity index (χ2n) is 4.89. The minimum atomic E-state index is 0.474. The first-order valence-electron chi connectivity index (χ1n) is 6.25. The maximum absolute atomic E-state index is 6.07. The fourth-order valence-electron chi connectivity index (χ4n) is 2.27. The molecule has 0 fully saturated rings. The highest BCUT2D eigenvalue weighted by Crippen LogP contribution is 2.24. The number of aryl methyl sites for hydroxylation is 3. The number of benzene rings is 1. The largest absolute Gasteiger partial charge is 0.369 e. The van der Waals surface area contributed by atoms with Gasteiger partial charge in [0.05, 0.1) is 5.69 Å². The summed E-state index contributed by atoms with van der Waals surface area (Å²) in [6, 6.07) is 10.2. The summed E-state index contributed by atoms with van der Waals surface area (Å²) in [6.07, 6.45) is 0. The molecule has 0 aliphatic heterocycles. The summed E-state index contributed by atoms with van der Waals surface area (Å²) in [5.41, 5.74) is 12.0. The molecule has 0 amide bonds. The predicted molar refractivity (Wildman–Crippen MR) is 77.5 cm³/mol. The van der Waals surface area contributed by atoms with Crippen LogP contribution in [0.25, 0.3) is 16.9 Å². The minimum Gasteiger partial charge on any atom is -0.369 e. The Bertz CT molecular complexity index is 771. The van der Waals surface area contributed by atoms with Gasteiger partial charge in [0, 0.05) is 5.69 Å². The van der Waals surface area contributed by atoms with E-state index in [0.29, 0.717) is 5.95 Å². The van der Waals surface area contributed by atoms with E-state index in [9.17, 15) is 0 Å². The Morgan fingerprint density at radius 2 is 1.79 bits per heavy atom. The first-order valence-corrected chi connectivity index (χ1v) is 6.25. The van der Waals surface area contributed by atoms with Gasteiger partial charge in [-0.1, -0.05) is 12.1 Å². The summed E-state index contributed by atoms with van der Waals surface area (Å²) < 4.78 is 1.92. The third-order valence-electron chi connectivity index (χ3n) is 3.28. The van der Waals surface area contributed by atoms with Crippen LogP contribution >= 0.6 is 0 Å². The van der Waals surface area contributed by atoms with Crippen LogP contribution < -0.4 is 5.73 Å². The number of hydrogen-bond donors (Lipinski definition) is 1. The van der Waals surface area contributed by atoms with Crippen molar-refractivity contribution in [3.05, 3.63) is 47.2 Å². The molecule has 0 unspecified atom stereocenters. The SMILES string of the molecule is Cc1ccc(C)c(-n2c(N)nc3ccc(C)nc32)c1. The molecule has 3 rings (SSSR count). The van der Waals surface area contributed by atoms with E-state index in [4.69, 9.17) is 5.73 Å². The summed E-state index contributed by atoms with van der Waals surface area (Å²) in [4.78, 5) is 8.94. The molecule has 0 bridgehead atoms. The lowest BCUT2D eigenvalue weighted by atomic mass is 10.1. The van der Waals surface area contributed by atoms with Crippen molar-refractivity contribution >= 4 is 17.1 Å². The van der Waals surface area contributed by atoms with Crippen LogP contribution in [0.4, 0.5) is 5.95 Å². The van der Waals surface area contributed by atoms with Crippen molar-refractivity contribution in [3.8, 4) is 5.69 Å². The van der Waals surface area contributed by atoms with Gasteiger partial charge < -0.3 is 5.73 Å². The van der Waals surface area contributed by atoms with Crippen LogP contribution in [0.1, 0.15) is 16.8 Å². The van der Waals surface area contributed by atoms with Crippen LogP contribution in [0.3, 0.4) is 0 Å². The average Bonchev–Trinajstić information content (AvgIpc) is 2.68. The molecule has 96 valence electrons. The number of nitrogen functional groups attached to an aromatic ring is 1. The predicted octanol–water partition coefficient (Wildman–Crippen LogP) is 2.93. The number of rotatable bonds is 1. The minimum absolute atomic E-state index is 0.474. The molecule has 0 radical (unpaired) electrons. The number of pyridine rings is 1. The average molecular weight is 252 g/mol. The molecule has 2 aromatic heterocycles. The van der Waals surface area contributed by atoms with E-state index in [1.807, 2.05) is 23.6 Å². The molecule has 2 heterocycles. The Morgan fingerprint density at radius 3 is 2.58 bits per heavy atom. The van der Waals surface area contributed by atoms with Crippen LogP contribution in [-0.2, 0) is 0 Å². The first-order chi connectivity index (χ1) is 9.06. The zero-order chi connectivity index (χ0) is 13.6. The van der Waals surface area contributed by atoms with Gasteiger partial charge in [-0.15, -0.1) is 0 Å². The molecule has 0 aliphatic carbocycles. The zero-order valence-electron chi connectivity index (χ0n) is 11.3. The Balaban J connectivity index is 2.38. The van der Waals surface area contributed by atoms with Crippen LogP contribution in [0.15, 0.2) is 30.3 Å². The Labute approximate surface area is 111 Å². The van der Waals surface area contributed by atoms with Gasteiger partial charge in [0.2, 0.25) is 5.95 Å². The number of imidazole rings is 1. The lowest BCUT2D eigenvalue weighted by Gasteiger charge is -2.10. The summed E-state index contributed by atoms with van der Waals surface area (Å²) in [6.45, 7) is 6.10. The summed E-state index contributed by atoms with van der Waals surface area (Å²) >= 11 is 0. The van der Waals surface area contributed by atoms with E-state index in [0.717, 1.165) is 28.1 Å². The lowest BCUT2D eigenvalue weighted by Crippen LogP contribution is -2.04. The standard InChI is InChI=1S/C15H16N4/c1-9-4-5-10(2)13(8-9)19-14-12(18-15(19)16)7-6-11(3)17-14/h4-8H,1-3H3,(H2,16,18). The van der Waals surface area contributed by atoms with Crippen LogP contribution in [-0.4, -0.2) is 14.5 Å². The molecule has 0 spiro atoms. The van der Waals surface area contributed by atoms with Crippen molar-refractivity contribution < 1.29 is 0 Å². The second-order valence-corrected chi connectivity index (χ2v) is 4.89. The molecule has 4 heteroatoms. The number of fused-ring (bicyclic) bond motifs is 1. The lowest BCUT2D eigenvalue weighted by molar-refractivity contribution is 1.05. The summed E-state index contributed by atoms with van der Waals surface area (Å²) in [5.74, 6) is 0.474. The third kappa shape index (κ3) is 1.85. The molecular weight excluding hydrogens is 236 g/mol.